The molecule has 0 unspecified atom stereocenters. The van der Waals surface area contributed by atoms with Gasteiger partial charge in [0.2, 0.25) is 0 Å². The summed E-state index contributed by atoms with van der Waals surface area (Å²) in [7, 11) is 3.34. The molecular formula is C16H22NO2+. The lowest BCUT2D eigenvalue weighted by Gasteiger charge is -2.03. The molecule has 19 heavy (non-hydrogen) atoms. The Morgan fingerprint density at radius 3 is 1.21 bits per heavy atom. The predicted octanol–water partition coefficient (Wildman–Crippen LogP) is 3.26. The van der Waals surface area contributed by atoms with E-state index in [0.29, 0.717) is 0 Å². The highest BCUT2D eigenvalue weighted by molar-refractivity contribution is 5.41. The Balaban J connectivity index is 0.000000861. The molecule has 0 aliphatic carbocycles. The molecule has 102 valence electrons. The average Bonchev–Trinajstić information content (AvgIpc) is 2.51. The number of ether oxygens (including phenoxy) is 2. The standard InChI is InChI=1S/C14H15NO2.C2H6/c1-16-13-7-3-11(4-8-13)15-12-5-9-14(17-2)10-6-12;1-2/h3-10,15H,1-2H3;1-2H3/p+1. The minimum atomic E-state index is 0.872. The maximum atomic E-state index is 5.12. The molecule has 0 aliphatic rings. The number of hydrogen-bond donors (Lipinski definition) is 1. The lowest BCUT2D eigenvalue weighted by atomic mass is 10.2. The van der Waals surface area contributed by atoms with Gasteiger partial charge in [0, 0.05) is 24.3 Å². The van der Waals surface area contributed by atoms with Gasteiger partial charge in [0.15, 0.2) is 0 Å². The van der Waals surface area contributed by atoms with E-state index in [1.165, 1.54) is 0 Å². The first kappa shape index (κ1) is 15.1. The normalized spacial score (nSPS) is 9.26. The molecule has 0 atom stereocenters. The zero-order chi connectivity index (χ0) is 14.1. The first-order valence-corrected chi connectivity index (χ1v) is 6.44. The van der Waals surface area contributed by atoms with Crippen molar-refractivity contribution < 1.29 is 14.8 Å². The molecule has 2 aromatic rings. The van der Waals surface area contributed by atoms with Crippen molar-refractivity contribution in [2.75, 3.05) is 14.2 Å². The summed E-state index contributed by atoms with van der Waals surface area (Å²) < 4.78 is 10.2. The van der Waals surface area contributed by atoms with Gasteiger partial charge in [-0.3, -0.25) is 5.32 Å². The quantitative estimate of drug-likeness (QED) is 0.856. The topological polar surface area (TPSA) is 35.1 Å². The summed E-state index contributed by atoms with van der Waals surface area (Å²) in [5, 5.41) is 2.11. The molecule has 3 nitrogen and oxygen atoms in total. The van der Waals surface area contributed by atoms with Crippen molar-refractivity contribution in [3.8, 4) is 11.5 Å². The molecule has 0 radical (unpaired) electrons. The van der Waals surface area contributed by atoms with Gasteiger partial charge in [0.05, 0.1) is 14.2 Å². The van der Waals surface area contributed by atoms with Crippen LogP contribution in [0.4, 0.5) is 11.4 Å². The lowest BCUT2D eigenvalue weighted by molar-refractivity contribution is -0.478. The van der Waals surface area contributed by atoms with E-state index in [9.17, 15) is 0 Å². The highest BCUT2D eigenvalue weighted by atomic mass is 16.5. The van der Waals surface area contributed by atoms with Crippen LogP contribution in [0.5, 0.6) is 11.5 Å². The molecule has 0 aromatic heterocycles. The van der Waals surface area contributed by atoms with Crippen LogP contribution in [0.25, 0.3) is 0 Å². The molecule has 3 heteroatoms. The van der Waals surface area contributed by atoms with Gasteiger partial charge in [-0.25, -0.2) is 0 Å². The van der Waals surface area contributed by atoms with Crippen LogP contribution in [0.3, 0.4) is 0 Å². The van der Waals surface area contributed by atoms with Crippen LogP contribution in [0.1, 0.15) is 13.8 Å². The minimum absolute atomic E-state index is 0.872. The van der Waals surface area contributed by atoms with E-state index in [4.69, 9.17) is 9.47 Å². The summed E-state index contributed by atoms with van der Waals surface area (Å²) in [4.78, 5) is 0. The van der Waals surface area contributed by atoms with Crippen molar-refractivity contribution in [3.05, 3.63) is 48.5 Å². The Kier molecular flexibility index (Phi) is 6.47. The van der Waals surface area contributed by atoms with Crippen LogP contribution in [0.15, 0.2) is 48.5 Å². The second-order valence-corrected chi connectivity index (χ2v) is 3.69. The van der Waals surface area contributed by atoms with Crippen molar-refractivity contribution in [2.45, 2.75) is 13.8 Å². The second kappa shape index (κ2) is 8.16. The number of nitrogens with two attached hydrogens (primary N) is 1. The van der Waals surface area contributed by atoms with Crippen molar-refractivity contribution in [2.24, 2.45) is 0 Å². The number of benzene rings is 2. The molecule has 0 fully saturated rings. The van der Waals surface area contributed by atoms with Gasteiger partial charge in [-0.15, -0.1) is 0 Å². The largest absolute Gasteiger partial charge is 0.497 e. The van der Waals surface area contributed by atoms with Gasteiger partial charge in [-0.05, 0) is 24.3 Å². The van der Waals surface area contributed by atoms with Crippen LogP contribution < -0.4 is 14.8 Å². The maximum absolute atomic E-state index is 5.12. The highest BCUT2D eigenvalue weighted by Gasteiger charge is 2.01. The van der Waals surface area contributed by atoms with E-state index in [1.807, 2.05) is 62.4 Å². The van der Waals surface area contributed by atoms with E-state index in [-0.39, 0.29) is 0 Å². The zero-order valence-electron chi connectivity index (χ0n) is 12.0. The van der Waals surface area contributed by atoms with Gasteiger partial charge >= 0.3 is 0 Å². The van der Waals surface area contributed by atoms with Crippen LogP contribution in [-0.2, 0) is 0 Å². The van der Waals surface area contributed by atoms with E-state index < -0.39 is 0 Å². The van der Waals surface area contributed by atoms with Gasteiger partial charge in [0.1, 0.15) is 22.9 Å². The summed E-state index contributed by atoms with van der Waals surface area (Å²) >= 11 is 0. The van der Waals surface area contributed by atoms with E-state index >= 15 is 0 Å². The van der Waals surface area contributed by atoms with Crippen LogP contribution in [-0.4, -0.2) is 14.2 Å². The zero-order valence-corrected chi connectivity index (χ0v) is 12.0. The Morgan fingerprint density at radius 2 is 0.947 bits per heavy atom. The Hall–Kier alpha value is -2.00. The molecule has 0 spiro atoms. The van der Waals surface area contributed by atoms with Gasteiger partial charge < -0.3 is 9.47 Å². The summed E-state index contributed by atoms with van der Waals surface area (Å²) in [5.74, 6) is 1.74. The first-order valence-electron chi connectivity index (χ1n) is 6.44. The van der Waals surface area contributed by atoms with Gasteiger partial charge in [0.25, 0.3) is 0 Å². The molecular weight excluding hydrogens is 238 g/mol. The second-order valence-electron chi connectivity index (χ2n) is 3.69. The Bertz CT molecular complexity index is 418. The molecule has 0 saturated carbocycles. The van der Waals surface area contributed by atoms with Crippen LogP contribution in [0.2, 0.25) is 0 Å². The predicted molar refractivity (Wildman–Crippen MR) is 78.6 cm³/mol. The number of rotatable bonds is 4. The summed E-state index contributed by atoms with van der Waals surface area (Å²) in [6.07, 6.45) is 0. The van der Waals surface area contributed by atoms with Crippen molar-refractivity contribution >= 4 is 11.4 Å². The highest BCUT2D eigenvalue weighted by Crippen LogP contribution is 2.15. The molecule has 0 bridgehead atoms. The fraction of sp³-hybridized carbons (Fsp3) is 0.250. The molecule has 0 amide bonds. The van der Waals surface area contributed by atoms with E-state index in [0.717, 1.165) is 22.9 Å². The van der Waals surface area contributed by atoms with E-state index in [2.05, 4.69) is 5.32 Å². The van der Waals surface area contributed by atoms with Gasteiger partial charge in [-0.2, -0.15) is 0 Å². The Labute approximate surface area is 115 Å². The Morgan fingerprint density at radius 1 is 0.632 bits per heavy atom. The smallest absolute Gasteiger partial charge is 0.134 e. The maximum Gasteiger partial charge on any atom is 0.134 e. The average molecular weight is 260 g/mol. The van der Waals surface area contributed by atoms with Crippen molar-refractivity contribution in [1.82, 2.24) is 0 Å². The number of quaternary nitrogens is 1. The van der Waals surface area contributed by atoms with Crippen LogP contribution in [0, 0.1) is 0 Å². The molecule has 0 aliphatic heterocycles. The monoisotopic (exact) mass is 260 g/mol. The number of hydrogen-bond acceptors (Lipinski definition) is 2. The van der Waals surface area contributed by atoms with Crippen molar-refractivity contribution in [1.29, 1.82) is 0 Å². The summed E-state index contributed by atoms with van der Waals surface area (Å²) in [6, 6.07) is 15.9. The summed E-state index contributed by atoms with van der Waals surface area (Å²) in [6.45, 7) is 4.00. The minimum Gasteiger partial charge on any atom is -0.497 e. The number of methoxy groups -OCH3 is 2. The lowest BCUT2D eigenvalue weighted by Crippen LogP contribution is -2.70. The molecule has 2 aromatic carbocycles. The molecule has 0 saturated heterocycles. The third-order valence-electron chi connectivity index (χ3n) is 2.56. The third-order valence-corrected chi connectivity index (χ3v) is 2.56. The molecule has 0 heterocycles. The SMILES string of the molecule is CC.COc1ccc([NH2+]c2ccc(OC)cc2)cc1. The van der Waals surface area contributed by atoms with Crippen LogP contribution >= 0.6 is 0 Å². The molecule has 2 rings (SSSR count). The fourth-order valence-corrected chi connectivity index (χ4v) is 1.59. The van der Waals surface area contributed by atoms with E-state index in [1.54, 1.807) is 14.2 Å². The first-order chi connectivity index (χ1) is 9.31. The van der Waals surface area contributed by atoms with Crippen molar-refractivity contribution in [3.63, 3.8) is 0 Å². The fourth-order valence-electron chi connectivity index (χ4n) is 1.59. The third kappa shape index (κ3) is 4.64. The molecule has 2 N–H and O–H groups in total. The van der Waals surface area contributed by atoms with Gasteiger partial charge in [-0.1, -0.05) is 13.8 Å². The summed E-state index contributed by atoms with van der Waals surface area (Å²) in [5.41, 5.74) is 2.30.